The van der Waals surface area contributed by atoms with E-state index in [1.165, 1.54) is 31.7 Å². The smallest absolute Gasteiger partial charge is 0.123 e. The van der Waals surface area contributed by atoms with E-state index in [4.69, 9.17) is 0 Å². The molecule has 19 heavy (non-hydrogen) atoms. The van der Waals surface area contributed by atoms with Gasteiger partial charge in [-0.15, -0.1) is 0 Å². The number of nitrogens with zero attached hydrogens (tertiary/aromatic N) is 1. The second-order valence-corrected chi connectivity index (χ2v) is 6.19. The quantitative estimate of drug-likeness (QED) is 0.803. The van der Waals surface area contributed by atoms with Gasteiger partial charge in [0.05, 0.1) is 0 Å². The average Bonchev–Trinajstić information content (AvgIpc) is 2.92. The predicted molar refractivity (Wildman–Crippen MR) is 80.7 cm³/mol. The van der Waals surface area contributed by atoms with Crippen LogP contribution in [0.4, 0.5) is 4.39 Å². The minimum absolute atomic E-state index is 0.178. The van der Waals surface area contributed by atoms with Gasteiger partial charge < -0.3 is 10.2 Å². The van der Waals surface area contributed by atoms with Crippen molar-refractivity contribution in [3.8, 4) is 0 Å². The van der Waals surface area contributed by atoms with Crippen molar-refractivity contribution >= 4 is 15.9 Å². The number of benzene rings is 1. The Balaban J connectivity index is 1.70. The van der Waals surface area contributed by atoms with Gasteiger partial charge in [0.2, 0.25) is 0 Å². The topological polar surface area (TPSA) is 15.3 Å². The first-order valence-electron chi connectivity index (χ1n) is 7.01. The lowest BCUT2D eigenvalue weighted by atomic mass is 10.2. The van der Waals surface area contributed by atoms with Crippen molar-refractivity contribution in [1.29, 1.82) is 0 Å². The van der Waals surface area contributed by atoms with Gasteiger partial charge in [-0.3, -0.25) is 0 Å². The number of rotatable bonds is 6. The highest BCUT2D eigenvalue weighted by Gasteiger charge is 2.18. The molecule has 1 saturated carbocycles. The molecule has 0 atom stereocenters. The van der Waals surface area contributed by atoms with Crippen molar-refractivity contribution in [2.24, 2.45) is 0 Å². The highest BCUT2D eigenvalue weighted by molar-refractivity contribution is 9.10. The molecule has 0 spiro atoms. The van der Waals surface area contributed by atoms with Gasteiger partial charge in [0, 0.05) is 30.1 Å². The van der Waals surface area contributed by atoms with Crippen LogP contribution in [-0.4, -0.2) is 31.1 Å². The van der Waals surface area contributed by atoms with Gasteiger partial charge in [0.25, 0.3) is 0 Å². The van der Waals surface area contributed by atoms with E-state index in [9.17, 15) is 4.39 Å². The molecule has 0 radical (unpaired) electrons. The van der Waals surface area contributed by atoms with Crippen LogP contribution in [0.5, 0.6) is 0 Å². The maximum absolute atomic E-state index is 13.1. The molecule has 0 saturated heterocycles. The normalized spacial score (nSPS) is 16.4. The Labute approximate surface area is 123 Å². The molecule has 4 heteroatoms. The van der Waals surface area contributed by atoms with Crippen molar-refractivity contribution in [1.82, 2.24) is 10.2 Å². The standard InChI is InChI=1S/C15H22BrFN2/c1-19(14-4-2-3-5-14)9-8-18-11-12-10-13(17)6-7-15(12)16/h6-7,10,14,18H,2-5,8-9,11H2,1H3. The summed E-state index contributed by atoms with van der Waals surface area (Å²) in [5.74, 6) is -0.178. The first kappa shape index (κ1) is 14.9. The van der Waals surface area contributed by atoms with E-state index < -0.39 is 0 Å². The molecule has 0 heterocycles. The largest absolute Gasteiger partial charge is 0.311 e. The maximum atomic E-state index is 13.1. The summed E-state index contributed by atoms with van der Waals surface area (Å²) in [6.45, 7) is 2.70. The fourth-order valence-electron chi connectivity index (χ4n) is 2.68. The number of halogens is 2. The Kier molecular flexibility index (Phi) is 5.79. The zero-order valence-electron chi connectivity index (χ0n) is 11.5. The highest BCUT2D eigenvalue weighted by atomic mass is 79.9. The summed E-state index contributed by atoms with van der Waals surface area (Å²) in [5, 5.41) is 3.39. The van der Waals surface area contributed by atoms with Gasteiger partial charge >= 0.3 is 0 Å². The lowest BCUT2D eigenvalue weighted by Crippen LogP contribution is -2.35. The highest BCUT2D eigenvalue weighted by Crippen LogP contribution is 2.22. The molecule has 0 aromatic heterocycles. The second kappa shape index (κ2) is 7.36. The number of nitrogens with one attached hydrogen (secondary N) is 1. The van der Waals surface area contributed by atoms with Crippen molar-refractivity contribution in [2.45, 2.75) is 38.3 Å². The van der Waals surface area contributed by atoms with Crippen molar-refractivity contribution < 1.29 is 4.39 Å². The Morgan fingerprint density at radius 3 is 2.84 bits per heavy atom. The van der Waals surface area contributed by atoms with Gasteiger partial charge in [0.1, 0.15) is 5.82 Å². The minimum atomic E-state index is -0.178. The molecule has 2 rings (SSSR count). The van der Waals surface area contributed by atoms with Gasteiger partial charge in [-0.1, -0.05) is 28.8 Å². The third-order valence-electron chi connectivity index (χ3n) is 3.91. The van der Waals surface area contributed by atoms with E-state index >= 15 is 0 Å². The van der Waals surface area contributed by atoms with Gasteiger partial charge in [-0.25, -0.2) is 4.39 Å². The van der Waals surface area contributed by atoms with Crippen LogP contribution in [0.25, 0.3) is 0 Å². The first-order valence-corrected chi connectivity index (χ1v) is 7.81. The average molecular weight is 329 g/mol. The third-order valence-corrected chi connectivity index (χ3v) is 4.69. The van der Waals surface area contributed by atoms with Crippen LogP contribution < -0.4 is 5.32 Å². The number of hydrogen-bond acceptors (Lipinski definition) is 2. The lowest BCUT2D eigenvalue weighted by molar-refractivity contribution is 0.245. The lowest BCUT2D eigenvalue weighted by Gasteiger charge is -2.24. The van der Waals surface area contributed by atoms with Crippen LogP contribution >= 0.6 is 15.9 Å². The first-order chi connectivity index (χ1) is 9.16. The van der Waals surface area contributed by atoms with Crippen LogP contribution in [0.15, 0.2) is 22.7 Å². The van der Waals surface area contributed by atoms with Crippen molar-refractivity contribution in [3.05, 3.63) is 34.1 Å². The van der Waals surface area contributed by atoms with Crippen LogP contribution in [0.2, 0.25) is 0 Å². The molecule has 0 amide bonds. The van der Waals surface area contributed by atoms with Crippen LogP contribution in [0.1, 0.15) is 31.2 Å². The zero-order valence-corrected chi connectivity index (χ0v) is 13.0. The van der Waals surface area contributed by atoms with E-state index in [0.29, 0.717) is 6.54 Å². The molecule has 1 N–H and O–H groups in total. The van der Waals surface area contributed by atoms with E-state index in [-0.39, 0.29) is 5.82 Å². The monoisotopic (exact) mass is 328 g/mol. The molecule has 106 valence electrons. The summed E-state index contributed by atoms with van der Waals surface area (Å²) in [4.78, 5) is 2.45. The van der Waals surface area contributed by atoms with Crippen LogP contribution in [0.3, 0.4) is 0 Å². The molecule has 1 aromatic carbocycles. The zero-order chi connectivity index (χ0) is 13.7. The van der Waals surface area contributed by atoms with E-state index in [1.54, 1.807) is 12.1 Å². The molecule has 1 aliphatic rings. The van der Waals surface area contributed by atoms with Gasteiger partial charge in [-0.2, -0.15) is 0 Å². The molecule has 0 bridgehead atoms. The van der Waals surface area contributed by atoms with E-state index in [2.05, 4.69) is 33.2 Å². The Bertz CT molecular complexity index is 405. The Morgan fingerprint density at radius 1 is 1.37 bits per heavy atom. The molecule has 1 aliphatic carbocycles. The number of hydrogen-bond donors (Lipinski definition) is 1. The molecule has 0 unspecified atom stereocenters. The molecule has 2 nitrogen and oxygen atoms in total. The van der Waals surface area contributed by atoms with E-state index in [0.717, 1.165) is 29.2 Å². The predicted octanol–water partition coefficient (Wildman–Crippen LogP) is 3.55. The Hall–Kier alpha value is -0.450. The minimum Gasteiger partial charge on any atom is -0.311 e. The maximum Gasteiger partial charge on any atom is 0.123 e. The summed E-state index contributed by atoms with van der Waals surface area (Å²) < 4.78 is 14.1. The second-order valence-electron chi connectivity index (χ2n) is 5.33. The number of likely N-dealkylation sites (N-methyl/N-ethyl adjacent to an activating group) is 1. The van der Waals surface area contributed by atoms with Gasteiger partial charge in [0.15, 0.2) is 0 Å². The molecule has 1 fully saturated rings. The summed E-state index contributed by atoms with van der Waals surface area (Å²) in [6.07, 6.45) is 5.43. The van der Waals surface area contributed by atoms with Crippen LogP contribution in [0, 0.1) is 5.82 Å². The van der Waals surface area contributed by atoms with Gasteiger partial charge in [-0.05, 0) is 43.7 Å². The molecule has 1 aromatic rings. The molecular weight excluding hydrogens is 307 g/mol. The van der Waals surface area contributed by atoms with E-state index in [1.807, 2.05) is 0 Å². The summed E-state index contributed by atoms with van der Waals surface area (Å²) in [5.41, 5.74) is 0.975. The summed E-state index contributed by atoms with van der Waals surface area (Å²) >= 11 is 3.45. The Morgan fingerprint density at radius 2 is 2.11 bits per heavy atom. The van der Waals surface area contributed by atoms with Crippen molar-refractivity contribution in [2.75, 3.05) is 20.1 Å². The molecular formula is C15H22BrFN2. The fourth-order valence-corrected chi connectivity index (χ4v) is 3.07. The third kappa shape index (κ3) is 4.55. The molecule has 0 aliphatic heterocycles. The van der Waals surface area contributed by atoms with Crippen LogP contribution in [-0.2, 0) is 6.54 Å². The summed E-state index contributed by atoms with van der Waals surface area (Å²) in [7, 11) is 2.20. The summed E-state index contributed by atoms with van der Waals surface area (Å²) in [6, 6.07) is 5.58. The fraction of sp³-hybridized carbons (Fsp3) is 0.600. The SMILES string of the molecule is CN(CCNCc1cc(F)ccc1Br)C1CCCC1. The van der Waals surface area contributed by atoms with Crippen molar-refractivity contribution in [3.63, 3.8) is 0 Å².